The van der Waals surface area contributed by atoms with Gasteiger partial charge in [0.1, 0.15) is 23.9 Å². The van der Waals surface area contributed by atoms with Crippen LogP contribution in [0, 0.1) is 11.7 Å². The third-order valence-corrected chi connectivity index (χ3v) is 6.98. The van der Waals surface area contributed by atoms with Gasteiger partial charge in [-0.05, 0) is 71.0 Å². The highest BCUT2D eigenvalue weighted by atomic mass is 19.1. The molecule has 206 valence electrons. The second kappa shape index (κ2) is 12.2. The minimum absolute atomic E-state index is 0.0508. The molecule has 1 N–H and O–H groups in total. The van der Waals surface area contributed by atoms with Crippen LogP contribution in [0.4, 0.5) is 4.39 Å². The van der Waals surface area contributed by atoms with E-state index in [1.807, 2.05) is 73.3 Å². The van der Waals surface area contributed by atoms with Gasteiger partial charge in [-0.25, -0.2) is 4.39 Å². The second-order valence-electron chi connectivity index (χ2n) is 10.5. The van der Waals surface area contributed by atoms with Gasteiger partial charge in [0, 0.05) is 19.5 Å². The first kappa shape index (κ1) is 27.2. The molecule has 1 unspecified atom stereocenters. The van der Waals surface area contributed by atoms with Gasteiger partial charge in [-0.2, -0.15) is 0 Å². The van der Waals surface area contributed by atoms with Crippen LogP contribution in [-0.2, 0) is 24.4 Å². The Morgan fingerprint density at radius 1 is 1.02 bits per heavy atom. The molecule has 7 heteroatoms. The number of carbonyl (C=O) groups excluding carboxylic acids is 2. The summed E-state index contributed by atoms with van der Waals surface area (Å²) in [6, 6.07) is 24.9. The van der Waals surface area contributed by atoms with Crippen molar-refractivity contribution in [2.75, 3.05) is 6.54 Å². The Morgan fingerprint density at radius 2 is 1.85 bits per heavy atom. The third kappa shape index (κ3) is 6.42. The highest BCUT2D eigenvalue weighted by molar-refractivity contribution is 5.91. The quantitative estimate of drug-likeness (QED) is 0.265. The van der Waals surface area contributed by atoms with Crippen molar-refractivity contribution in [3.8, 4) is 5.75 Å². The first-order valence-electron chi connectivity index (χ1n) is 13.6. The maximum atomic E-state index is 14.3. The lowest BCUT2D eigenvalue weighted by Gasteiger charge is -2.38. The molecule has 5 rings (SSSR count). The van der Waals surface area contributed by atoms with E-state index in [-0.39, 0.29) is 35.9 Å². The fourth-order valence-electron chi connectivity index (χ4n) is 5.05. The van der Waals surface area contributed by atoms with Gasteiger partial charge >= 0.3 is 0 Å². The molecule has 1 aromatic heterocycles. The molecule has 40 heavy (non-hydrogen) atoms. The number of halogens is 1. The lowest BCUT2D eigenvalue weighted by Crippen LogP contribution is -2.41. The summed E-state index contributed by atoms with van der Waals surface area (Å²) in [5.74, 6) is 0.959. The van der Waals surface area contributed by atoms with E-state index in [1.165, 1.54) is 12.1 Å². The summed E-state index contributed by atoms with van der Waals surface area (Å²) in [7, 11) is 0. The van der Waals surface area contributed by atoms with Crippen molar-refractivity contribution in [1.82, 2.24) is 10.2 Å². The van der Waals surface area contributed by atoms with Crippen LogP contribution in [0.5, 0.6) is 5.75 Å². The normalized spacial score (nSPS) is 14.6. The zero-order valence-corrected chi connectivity index (χ0v) is 22.7. The van der Waals surface area contributed by atoms with Crippen LogP contribution >= 0.6 is 0 Å². The van der Waals surface area contributed by atoms with Crippen LogP contribution in [0.3, 0.4) is 0 Å². The van der Waals surface area contributed by atoms with Crippen molar-refractivity contribution in [3.63, 3.8) is 0 Å². The Bertz CT molecular complexity index is 1480. The molecule has 3 aromatic carbocycles. The predicted molar refractivity (Wildman–Crippen MR) is 150 cm³/mol. The summed E-state index contributed by atoms with van der Waals surface area (Å²) >= 11 is 0. The van der Waals surface area contributed by atoms with Crippen molar-refractivity contribution in [2.24, 2.45) is 5.92 Å². The van der Waals surface area contributed by atoms with E-state index in [9.17, 15) is 14.0 Å². The molecule has 0 aliphatic carbocycles. The average molecular weight is 541 g/mol. The molecule has 0 saturated carbocycles. The lowest BCUT2D eigenvalue weighted by molar-refractivity contribution is -0.134. The Kier molecular flexibility index (Phi) is 8.29. The fourth-order valence-corrected chi connectivity index (χ4v) is 5.05. The largest absolute Gasteiger partial charge is 0.486 e. The van der Waals surface area contributed by atoms with E-state index < -0.39 is 6.04 Å². The molecule has 2 amide bonds. The van der Waals surface area contributed by atoms with Crippen molar-refractivity contribution in [1.29, 1.82) is 0 Å². The second-order valence-corrected chi connectivity index (χ2v) is 10.5. The van der Waals surface area contributed by atoms with Crippen molar-refractivity contribution in [2.45, 2.75) is 45.9 Å². The number of nitrogens with one attached hydrogen (secondary N) is 1. The number of hydrogen-bond donors (Lipinski definition) is 1. The Balaban J connectivity index is 1.31. The van der Waals surface area contributed by atoms with Crippen LogP contribution in [0.2, 0.25) is 0 Å². The highest BCUT2D eigenvalue weighted by Gasteiger charge is 2.32. The summed E-state index contributed by atoms with van der Waals surface area (Å²) in [6.07, 6.45) is 1.14. The van der Waals surface area contributed by atoms with E-state index in [2.05, 4.69) is 5.32 Å². The summed E-state index contributed by atoms with van der Waals surface area (Å²) < 4.78 is 26.0. The van der Waals surface area contributed by atoms with Gasteiger partial charge in [-0.3, -0.25) is 9.59 Å². The predicted octanol–water partition coefficient (Wildman–Crippen LogP) is 6.45. The molecule has 4 aromatic rings. The van der Waals surface area contributed by atoms with Crippen LogP contribution < -0.4 is 10.1 Å². The maximum Gasteiger partial charge on any atom is 0.287 e. The molecule has 0 bridgehead atoms. The highest BCUT2D eigenvalue weighted by Crippen LogP contribution is 2.38. The summed E-state index contributed by atoms with van der Waals surface area (Å²) in [5, 5.41) is 2.85. The third-order valence-electron chi connectivity index (χ3n) is 6.98. The number of hydrogen-bond acceptors (Lipinski definition) is 4. The summed E-state index contributed by atoms with van der Waals surface area (Å²) in [4.78, 5) is 27.6. The number of rotatable bonds is 9. The van der Waals surface area contributed by atoms with Gasteiger partial charge in [-0.1, -0.05) is 62.4 Å². The number of carbonyl (C=O) groups is 2. The number of amides is 2. The molecule has 1 aliphatic heterocycles. The van der Waals surface area contributed by atoms with Crippen LogP contribution in [-0.4, -0.2) is 23.3 Å². The van der Waals surface area contributed by atoms with E-state index in [0.29, 0.717) is 37.4 Å². The fraction of sp³-hybridized carbons (Fsp3) is 0.273. The van der Waals surface area contributed by atoms with Crippen LogP contribution in [0.15, 0.2) is 89.3 Å². The minimum Gasteiger partial charge on any atom is -0.486 e. The Hall–Kier alpha value is -4.39. The van der Waals surface area contributed by atoms with Crippen molar-refractivity contribution >= 4 is 11.8 Å². The maximum absolute atomic E-state index is 14.3. The van der Waals surface area contributed by atoms with Crippen LogP contribution in [0.1, 0.15) is 64.9 Å². The molecular weight excluding hydrogens is 507 g/mol. The van der Waals surface area contributed by atoms with Crippen molar-refractivity contribution < 1.29 is 23.1 Å². The van der Waals surface area contributed by atoms with E-state index in [0.717, 1.165) is 22.3 Å². The summed E-state index contributed by atoms with van der Waals surface area (Å²) in [6.45, 7) is 5.15. The number of nitrogens with zero attached hydrogens (tertiary/aromatic N) is 1. The van der Waals surface area contributed by atoms with Gasteiger partial charge in [0.05, 0.1) is 6.04 Å². The molecule has 1 atom stereocenters. The molecule has 0 radical (unpaired) electrons. The van der Waals surface area contributed by atoms with Gasteiger partial charge in [-0.15, -0.1) is 0 Å². The lowest BCUT2D eigenvalue weighted by atomic mass is 9.87. The molecular formula is C33H33FN2O4. The molecule has 6 nitrogen and oxygen atoms in total. The SMILES string of the molecule is CC(C)CC(=O)N1CCc2ccc(OCc3ccc(C(=O)NCc4ccccc4)o3)cc2C1c1cccc(F)c1. The van der Waals surface area contributed by atoms with E-state index >= 15 is 0 Å². The number of furan rings is 1. The van der Waals surface area contributed by atoms with Crippen LogP contribution in [0.25, 0.3) is 0 Å². The zero-order valence-electron chi connectivity index (χ0n) is 22.7. The average Bonchev–Trinajstić information content (AvgIpc) is 3.43. The van der Waals surface area contributed by atoms with Gasteiger partial charge in [0.25, 0.3) is 5.91 Å². The van der Waals surface area contributed by atoms with Gasteiger partial charge in [0.2, 0.25) is 5.91 Å². The van der Waals surface area contributed by atoms with E-state index in [1.54, 1.807) is 18.2 Å². The topological polar surface area (TPSA) is 71.8 Å². The number of ether oxygens (including phenoxy) is 1. The number of benzene rings is 3. The molecule has 0 saturated heterocycles. The standard InChI is InChI=1S/C33H33FN2O4/c1-22(2)17-31(37)36-16-15-24-11-12-27(19-29(24)32(36)25-9-6-10-26(34)18-25)39-21-28-13-14-30(40-28)33(38)35-20-23-7-4-3-5-8-23/h3-14,18-19,22,32H,15-17,20-21H2,1-2H3,(H,35,38). The Morgan fingerprint density at radius 3 is 2.62 bits per heavy atom. The van der Waals surface area contributed by atoms with Gasteiger partial charge < -0.3 is 19.4 Å². The number of fused-ring (bicyclic) bond motifs is 1. The Labute approximate surface area is 233 Å². The molecule has 2 heterocycles. The van der Waals surface area contributed by atoms with Crippen molar-refractivity contribution in [3.05, 3.63) is 125 Å². The minimum atomic E-state index is -0.405. The monoisotopic (exact) mass is 540 g/mol. The first-order chi connectivity index (χ1) is 19.4. The molecule has 0 fully saturated rings. The molecule has 1 aliphatic rings. The first-order valence-corrected chi connectivity index (χ1v) is 13.6. The summed E-state index contributed by atoms with van der Waals surface area (Å²) in [5.41, 5.74) is 3.75. The molecule has 0 spiro atoms. The van der Waals surface area contributed by atoms with Gasteiger partial charge in [0.15, 0.2) is 5.76 Å². The smallest absolute Gasteiger partial charge is 0.287 e. The zero-order chi connectivity index (χ0) is 28.1. The van der Waals surface area contributed by atoms with E-state index in [4.69, 9.17) is 9.15 Å².